The minimum atomic E-state index is -0.548. The maximum atomic E-state index is 13.1. The van der Waals surface area contributed by atoms with Crippen LogP contribution in [0.4, 0.5) is 0 Å². The number of amides is 2. The molecule has 0 fully saturated rings. The molecule has 2 aromatic carbocycles. The van der Waals surface area contributed by atoms with Crippen molar-refractivity contribution in [3.05, 3.63) is 70.7 Å². The normalized spacial score (nSPS) is 12.9. The van der Waals surface area contributed by atoms with E-state index in [1.54, 1.807) is 17.9 Å². The Hall–Kier alpha value is -2.33. The second kappa shape index (κ2) is 10.9. The molecule has 28 heavy (non-hydrogen) atoms. The number of nitrogens with one attached hydrogen (secondary N) is 1. The molecule has 0 bridgehead atoms. The summed E-state index contributed by atoms with van der Waals surface area (Å²) in [5.74, 6) is -0.231. The third-order valence-electron chi connectivity index (χ3n) is 4.95. The minimum absolute atomic E-state index is 0.0737. The highest BCUT2D eigenvalue weighted by Gasteiger charge is 2.26. The summed E-state index contributed by atoms with van der Waals surface area (Å²) in [5, 5.41) is 3.54. The molecule has 0 aliphatic carbocycles. The average molecular weight is 401 g/mol. The van der Waals surface area contributed by atoms with Crippen molar-refractivity contribution in [2.24, 2.45) is 0 Å². The van der Waals surface area contributed by atoms with E-state index in [4.69, 9.17) is 11.6 Å². The molecular weight excluding hydrogens is 372 g/mol. The lowest BCUT2D eigenvalue weighted by molar-refractivity contribution is -0.139. The van der Waals surface area contributed by atoms with Gasteiger partial charge in [0.2, 0.25) is 11.8 Å². The summed E-state index contributed by atoms with van der Waals surface area (Å²) in [6, 6.07) is 16.8. The Bertz CT molecular complexity index is 779. The fraction of sp³-hybridized carbons (Fsp3) is 0.391. The maximum absolute atomic E-state index is 13.1. The van der Waals surface area contributed by atoms with Gasteiger partial charge in [-0.3, -0.25) is 9.59 Å². The van der Waals surface area contributed by atoms with Gasteiger partial charge in [-0.1, -0.05) is 67.1 Å². The van der Waals surface area contributed by atoms with Crippen molar-refractivity contribution in [3.63, 3.8) is 0 Å². The third-order valence-corrected chi connectivity index (χ3v) is 5.32. The molecule has 0 aliphatic rings. The van der Waals surface area contributed by atoms with Gasteiger partial charge in [-0.15, -0.1) is 0 Å². The molecule has 2 unspecified atom stereocenters. The van der Waals surface area contributed by atoms with Gasteiger partial charge in [0.05, 0.1) is 6.42 Å². The lowest BCUT2D eigenvalue weighted by Gasteiger charge is -2.30. The van der Waals surface area contributed by atoms with Crippen molar-refractivity contribution >= 4 is 23.4 Å². The Morgan fingerprint density at radius 3 is 2.32 bits per heavy atom. The fourth-order valence-electron chi connectivity index (χ4n) is 2.94. The van der Waals surface area contributed by atoms with Crippen LogP contribution in [0.25, 0.3) is 0 Å². The SMILES string of the molecule is CCC(C)NC(=O)C(C)N(CCc1ccccc1)C(=O)Cc1ccccc1Cl. The van der Waals surface area contributed by atoms with Crippen molar-refractivity contribution in [2.45, 2.75) is 52.1 Å². The highest BCUT2D eigenvalue weighted by molar-refractivity contribution is 6.31. The number of rotatable bonds is 9. The van der Waals surface area contributed by atoms with Crippen LogP contribution < -0.4 is 5.32 Å². The zero-order chi connectivity index (χ0) is 20.5. The monoisotopic (exact) mass is 400 g/mol. The molecule has 2 amide bonds. The quantitative estimate of drug-likeness (QED) is 0.683. The average Bonchev–Trinajstić information content (AvgIpc) is 2.70. The van der Waals surface area contributed by atoms with E-state index in [9.17, 15) is 9.59 Å². The molecule has 4 nitrogen and oxygen atoms in total. The number of benzene rings is 2. The first-order valence-corrected chi connectivity index (χ1v) is 10.2. The highest BCUT2D eigenvalue weighted by Crippen LogP contribution is 2.17. The molecule has 150 valence electrons. The Labute approximate surface area is 172 Å². The molecule has 5 heteroatoms. The summed E-state index contributed by atoms with van der Waals surface area (Å²) in [6.45, 7) is 6.24. The Balaban J connectivity index is 2.15. The van der Waals surface area contributed by atoms with E-state index in [1.807, 2.05) is 62.4 Å². The van der Waals surface area contributed by atoms with Gasteiger partial charge in [0.1, 0.15) is 6.04 Å². The molecule has 1 N–H and O–H groups in total. The molecule has 0 aromatic heterocycles. The van der Waals surface area contributed by atoms with E-state index in [2.05, 4.69) is 5.32 Å². The van der Waals surface area contributed by atoms with Crippen LogP contribution >= 0.6 is 11.6 Å². The van der Waals surface area contributed by atoms with Crippen LogP contribution in [0.2, 0.25) is 5.02 Å². The zero-order valence-electron chi connectivity index (χ0n) is 16.8. The number of hydrogen-bond acceptors (Lipinski definition) is 2. The largest absolute Gasteiger partial charge is 0.352 e. The fourth-order valence-corrected chi connectivity index (χ4v) is 3.14. The van der Waals surface area contributed by atoms with E-state index >= 15 is 0 Å². The van der Waals surface area contributed by atoms with Crippen LogP contribution in [0, 0.1) is 0 Å². The molecule has 0 saturated carbocycles. The van der Waals surface area contributed by atoms with Crippen LogP contribution in [-0.4, -0.2) is 35.3 Å². The van der Waals surface area contributed by atoms with Gasteiger partial charge in [-0.25, -0.2) is 0 Å². The van der Waals surface area contributed by atoms with Gasteiger partial charge in [-0.2, -0.15) is 0 Å². The number of carbonyl (C=O) groups excluding carboxylic acids is 2. The molecule has 0 heterocycles. The van der Waals surface area contributed by atoms with E-state index in [1.165, 1.54) is 0 Å². The Morgan fingerprint density at radius 1 is 1.04 bits per heavy atom. The van der Waals surface area contributed by atoms with Crippen LogP contribution in [0.15, 0.2) is 54.6 Å². The van der Waals surface area contributed by atoms with Crippen LogP contribution in [0.5, 0.6) is 0 Å². The summed E-state index contributed by atoms with van der Waals surface area (Å²) >= 11 is 6.23. The van der Waals surface area contributed by atoms with Crippen molar-refractivity contribution in [3.8, 4) is 0 Å². The third kappa shape index (κ3) is 6.38. The number of halogens is 1. The second-order valence-corrected chi connectivity index (χ2v) is 7.49. The maximum Gasteiger partial charge on any atom is 0.242 e. The predicted octanol–water partition coefficient (Wildman–Crippen LogP) is 4.26. The predicted molar refractivity (Wildman–Crippen MR) is 114 cm³/mol. The number of carbonyl (C=O) groups is 2. The first-order valence-electron chi connectivity index (χ1n) is 9.79. The van der Waals surface area contributed by atoms with Crippen molar-refractivity contribution < 1.29 is 9.59 Å². The molecular formula is C23H29ClN2O2. The van der Waals surface area contributed by atoms with Gasteiger partial charge >= 0.3 is 0 Å². The lowest BCUT2D eigenvalue weighted by Crippen LogP contribution is -2.50. The number of hydrogen-bond donors (Lipinski definition) is 1. The smallest absolute Gasteiger partial charge is 0.242 e. The van der Waals surface area contributed by atoms with Crippen molar-refractivity contribution in [1.82, 2.24) is 10.2 Å². The second-order valence-electron chi connectivity index (χ2n) is 7.08. The summed E-state index contributed by atoms with van der Waals surface area (Å²) in [6.07, 6.45) is 1.71. The van der Waals surface area contributed by atoms with Crippen LogP contribution in [0.3, 0.4) is 0 Å². The zero-order valence-corrected chi connectivity index (χ0v) is 17.6. The standard InChI is InChI=1S/C23H29ClN2O2/c1-4-17(2)25-23(28)18(3)26(15-14-19-10-6-5-7-11-19)22(27)16-20-12-8-9-13-21(20)24/h5-13,17-18H,4,14-16H2,1-3H3,(H,25,28). The van der Waals surface area contributed by atoms with Gasteiger partial charge in [0.25, 0.3) is 0 Å². The van der Waals surface area contributed by atoms with Crippen molar-refractivity contribution in [1.29, 1.82) is 0 Å². The van der Waals surface area contributed by atoms with Gasteiger partial charge in [0.15, 0.2) is 0 Å². The van der Waals surface area contributed by atoms with Crippen molar-refractivity contribution in [2.75, 3.05) is 6.54 Å². The lowest BCUT2D eigenvalue weighted by atomic mass is 10.1. The van der Waals surface area contributed by atoms with E-state index < -0.39 is 6.04 Å². The highest BCUT2D eigenvalue weighted by atomic mass is 35.5. The van der Waals surface area contributed by atoms with Crippen LogP contribution in [-0.2, 0) is 22.4 Å². The summed E-state index contributed by atoms with van der Waals surface area (Å²) < 4.78 is 0. The summed E-state index contributed by atoms with van der Waals surface area (Å²) in [7, 11) is 0. The Kier molecular flexibility index (Phi) is 8.52. The summed E-state index contributed by atoms with van der Waals surface area (Å²) in [5.41, 5.74) is 1.90. The molecule has 2 rings (SSSR count). The number of nitrogens with zero attached hydrogens (tertiary/aromatic N) is 1. The molecule has 0 saturated heterocycles. The van der Waals surface area contributed by atoms with Gasteiger partial charge in [-0.05, 0) is 43.9 Å². The molecule has 2 aromatic rings. The summed E-state index contributed by atoms with van der Waals surface area (Å²) in [4.78, 5) is 27.4. The molecule has 0 radical (unpaired) electrons. The molecule has 2 atom stereocenters. The first kappa shape index (κ1) is 22.0. The minimum Gasteiger partial charge on any atom is -0.352 e. The van der Waals surface area contributed by atoms with E-state index in [-0.39, 0.29) is 24.3 Å². The van der Waals surface area contributed by atoms with Gasteiger partial charge < -0.3 is 10.2 Å². The van der Waals surface area contributed by atoms with E-state index in [0.717, 1.165) is 17.5 Å². The topological polar surface area (TPSA) is 49.4 Å². The molecule has 0 spiro atoms. The van der Waals surface area contributed by atoms with Crippen LogP contribution in [0.1, 0.15) is 38.3 Å². The Morgan fingerprint density at radius 2 is 1.68 bits per heavy atom. The first-order chi connectivity index (χ1) is 13.4. The van der Waals surface area contributed by atoms with E-state index in [0.29, 0.717) is 18.0 Å². The molecule has 0 aliphatic heterocycles. The van der Waals surface area contributed by atoms with Gasteiger partial charge in [0, 0.05) is 17.6 Å².